The van der Waals surface area contributed by atoms with E-state index in [2.05, 4.69) is 15.3 Å². The van der Waals surface area contributed by atoms with Gasteiger partial charge in [-0.2, -0.15) is 0 Å². The maximum Gasteiger partial charge on any atom is 0.327 e. The molecule has 8 heteroatoms. The van der Waals surface area contributed by atoms with Crippen molar-refractivity contribution in [3.05, 3.63) is 61.4 Å². The van der Waals surface area contributed by atoms with E-state index in [1.54, 1.807) is 19.2 Å². The van der Waals surface area contributed by atoms with Crippen LogP contribution in [0.4, 0.5) is 5.82 Å². The molecule has 1 atom stereocenters. The molecule has 4 rings (SSSR count). The van der Waals surface area contributed by atoms with Crippen LogP contribution in [0.25, 0.3) is 0 Å². The summed E-state index contributed by atoms with van der Waals surface area (Å²) in [7, 11) is 3.07. The molecule has 2 heterocycles. The summed E-state index contributed by atoms with van der Waals surface area (Å²) in [5.41, 5.74) is 0.968. The molecule has 0 fully saturated rings. The highest BCUT2D eigenvalue weighted by Crippen LogP contribution is 2.48. The number of allylic oxidation sites excluding steroid dienone is 2. The summed E-state index contributed by atoms with van der Waals surface area (Å²) in [6, 6.07) is 5.32. The summed E-state index contributed by atoms with van der Waals surface area (Å²) < 4.78 is 10.7. The normalized spacial score (nSPS) is 19.9. The van der Waals surface area contributed by atoms with Gasteiger partial charge in [0.05, 0.1) is 19.8 Å². The molecule has 152 valence electrons. The van der Waals surface area contributed by atoms with Crippen molar-refractivity contribution in [2.45, 2.75) is 32.6 Å². The maximum atomic E-state index is 13.2. The van der Waals surface area contributed by atoms with E-state index < -0.39 is 17.2 Å². The number of benzene rings is 1. The van der Waals surface area contributed by atoms with Gasteiger partial charge in [0.15, 0.2) is 17.3 Å². The molecule has 1 aliphatic carbocycles. The zero-order valence-corrected chi connectivity index (χ0v) is 16.8. The van der Waals surface area contributed by atoms with Crippen LogP contribution in [0.5, 0.6) is 11.5 Å². The second-order valence-electron chi connectivity index (χ2n) is 8.20. The first-order chi connectivity index (χ1) is 13.7. The monoisotopic (exact) mass is 397 g/mol. The lowest BCUT2D eigenvalue weighted by Crippen LogP contribution is -2.38. The van der Waals surface area contributed by atoms with E-state index in [1.807, 2.05) is 19.9 Å². The van der Waals surface area contributed by atoms with Gasteiger partial charge in [-0.3, -0.25) is 19.6 Å². The predicted octanol–water partition coefficient (Wildman–Crippen LogP) is 2.28. The van der Waals surface area contributed by atoms with Crippen molar-refractivity contribution in [1.29, 1.82) is 0 Å². The van der Waals surface area contributed by atoms with Crippen LogP contribution in [0.3, 0.4) is 0 Å². The van der Waals surface area contributed by atoms with Crippen LogP contribution in [0, 0.1) is 5.41 Å². The van der Waals surface area contributed by atoms with Gasteiger partial charge >= 0.3 is 5.69 Å². The standard InChI is InChI=1S/C21H23N3O5/c1-21(2)8-11-16(12(25)9-21)15(10-5-6-13(28-3)14(7-10)29-4)17-18(22-11)23-20(27)24-19(17)26/h5-7,15H,8-9H2,1-4H3,(H3,22,23,24,26,27). The smallest absolute Gasteiger partial charge is 0.327 e. The number of carbonyl (C=O) groups is 1. The van der Waals surface area contributed by atoms with Gasteiger partial charge in [-0.15, -0.1) is 0 Å². The number of aromatic amines is 2. The van der Waals surface area contributed by atoms with E-state index in [9.17, 15) is 14.4 Å². The fraction of sp³-hybridized carbons (Fsp3) is 0.381. The third-order valence-electron chi connectivity index (χ3n) is 5.49. The van der Waals surface area contributed by atoms with E-state index in [0.717, 1.165) is 5.70 Å². The van der Waals surface area contributed by atoms with E-state index in [4.69, 9.17) is 9.47 Å². The van der Waals surface area contributed by atoms with E-state index in [1.165, 1.54) is 7.11 Å². The molecule has 1 aliphatic heterocycles. The number of hydrogen-bond donors (Lipinski definition) is 3. The SMILES string of the molecule is COc1ccc(C2C3=C(CC(C)(C)CC3=O)Nc3[nH]c(=O)[nH]c(=O)c32)cc1OC. The fourth-order valence-electron chi connectivity index (χ4n) is 4.31. The molecule has 3 N–H and O–H groups in total. The first-order valence-electron chi connectivity index (χ1n) is 9.36. The van der Waals surface area contributed by atoms with Gasteiger partial charge in [-0.25, -0.2) is 4.79 Å². The van der Waals surface area contributed by atoms with Crippen LogP contribution < -0.4 is 26.0 Å². The molecule has 1 aromatic carbocycles. The van der Waals surface area contributed by atoms with Crippen LogP contribution in [0.15, 0.2) is 39.1 Å². The molecule has 0 saturated heterocycles. The van der Waals surface area contributed by atoms with Gasteiger partial charge < -0.3 is 14.8 Å². The number of anilines is 1. The predicted molar refractivity (Wildman–Crippen MR) is 108 cm³/mol. The topological polar surface area (TPSA) is 113 Å². The highest BCUT2D eigenvalue weighted by atomic mass is 16.5. The van der Waals surface area contributed by atoms with Crippen LogP contribution in [-0.2, 0) is 4.79 Å². The summed E-state index contributed by atoms with van der Waals surface area (Å²) in [5, 5.41) is 3.14. The van der Waals surface area contributed by atoms with Crippen molar-refractivity contribution < 1.29 is 14.3 Å². The van der Waals surface area contributed by atoms with Crippen LogP contribution in [0.1, 0.15) is 43.7 Å². The van der Waals surface area contributed by atoms with Crippen LogP contribution in [-0.4, -0.2) is 30.0 Å². The Balaban J connectivity index is 1.99. The lowest BCUT2D eigenvalue weighted by Gasteiger charge is -2.38. The molecule has 1 aromatic heterocycles. The second kappa shape index (κ2) is 6.65. The molecule has 2 aliphatic rings. The number of carbonyl (C=O) groups excluding carboxylic acids is 1. The van der Waals surface area contributed by atoms with Gasteiger partial charge in [0.1, 0.15) is 5.82 Å². The Bertz CT molecular complexity index is 1160. The van der Waals surface area contributed by atoms with Crippen molar-refractivity contribution >= 4 is 11.6 Å². The number of rotatable bonds is 3. The second-order valence-corrected chi connectivity index (χ2v) is 8.20. The van der Waals surface area contributed by atoms with E-state index in [-0.39, 0.29) is 11.2 Å². The molecular formula is C21H23N3O5. The summed E-state index contributed by atoms with van der Waals surface area (Å²) >= 11 is 0. The number of aromatic nitrogens is 2. The van der Waals surface area contributed by atoms with Crippen molar-refractivity contribution in [2.75, 3.05) is 19.5 Å². The molecular weight excluding hydrogens is 374 g/mol. The van der Waals surface area contributed by atoms with Crippen molar-refractivity contribution in [3.63, 3.8) is 0 Å². The van der Waals surface area contributed by atoms with Gasteiger partial charge in [-0.05, 0) is 29.5 Å². The molecule has 29 heavy (non-hydrogen) atoms. The first kappa shape index (κ1) is 19.0. The quantitative estimate of drug-likeness (QED) is 0.732. The van der Waals surface area contributed by atoms with Gasteiger partial charge in [0.25, 0.3) is 5.56 Å². The molecule has 1 unspecified atom stereocenters. The van der Waals surface area contributed by atoms with Crippen LogP contribution in [0.2, 0.25) is 0 Å². The summed E-state index contributed by atoms with van der Waals surface area (Å²) in [4.78, 5) is 42.7. The minimum atomic E-state index is -0.620. The lowest BCUT2D eigenvalue weighted by molar-refractivity contribution is -0.118. The Morgan fingerprint density at radius 3 is 2.41 bits per heavy atom. The number of Topliss-reactive ketones (excluding diaryl/α,β-unsaturated/α-hetero) is 1. The third kappa shape index (κ3) is 3.14. The number of nitrogens with one attached hydrogen (secondary N) is 3. The van der Waals surface area contributed by atoms with Crippen molar-refractivity contribution in [3.8, 4) is 11.5 Å². The highest BCUT2D eigenvalue weighted by Gasteiger charge is 2.42. The summed E-state index contributed by atoms with van der Waals surface area (Å²) in [5.74, 6) is 0.732. The molecule has 0 spiro atoms. The third-order valence-corrected chi connectivity index (χ3v) is 5.49. The molecule has 2 aromatic rings. The minimum Gasteiger partial charge on any atom is -0.493 e. The number of ether oxygens (including phenoxy) is 2. The highest BCUT2D eigenvalue weighted by molar-refractivity contribution is 6.01. The van der Waals surface area contributed by atoms with Crippen LogP contribution >= 0.6 is 0 Å². The van der Waals surface area contributed by atoms with Gasteiger partial charge in [-0.1, -0.05) is 19.9 Å². The fourth-order valence-corrected chi connectivity index (χ4v) is 4.31. The maximum absolute atomic E-state index is 13.2. The number of ketones is 1. The average molecular weight is 397 g/mol. The number of methoxy groups -OCH3 is 2. The number of fused-ring (bicyclic) bond motifs is 1. The number of hydrogen-bond acceptors (Lipinski definition) is 6. The molecule has 0 bridgehead atoms. The molecule has 0 radical (unpaired) electrons. The Morgan fingerprint density at radius 2 is 1.72 bits per heavy atom. The zero-order chi connectivity index (χ0) is 20.9. The Morgan fingerprint density at radius 1 is 1.00 bits per heavy atom. The average Bonchev–Trinajstić information content (AvgIpc) is 2.64. The summed E-state index contributed by atoms with van der Waals surface area (Å²) in [6.45, 7) is 4.05. The largest absolute Gasteiger partial charge is 0.493 e. The minimum absolute atomic E-state index is 0.0141. The first-order valence-corrected chi connectivity index (χ1v) is 9.36. The molecule has 0 amide bonds. The Hall–Kier alpha value is -3.29. The van der Waals surface area contributed by atoms with E-state index in [0.29, 0.717) is 46.9 Å². The molecule has 0 saturated carbocycles. The van der Waals surface area contributed by atoms with Gasteiger partial charge in [0, 0.05) is 23.6 Å². The Kier molecular flexibility index (Phi) is 4.37. The molecule has 8 nitrogen and oxygen atoms in total. The van der Waals surface area contributed by atoms with Crippen molar-refractivity contribution in [1.82, 2.24) is 9.97 Å². The lowest BCUT2D eigenvalue weighted by atomic mass is 9.69. The number of H-pyrrole nitrogens is 2. The Labute approximate surface area is 167 Å². The van der Waals surface area contributed by atoms with Gasteiger partial charge in [0.2, 0.25) is 0 Å². The van der Waals surface area contributed by atoms with E-state index >= 15 is 0 Å². The van der Waals surface area contributed by atoms with Crippen molar-refractivity contribution in [2.24, 2.45) is 5.41 Å². The zero-order valence-electron chi connectivity index (χ0n) is 16.8. The summed E-state index contributed by atoms with van der Waals surface area (Å²) in [6.07, 6.45) is 1.01.